The molecule has 1 N–H and O–H groups in total. The van der Waals surface area contributed by atoms with Crippen molar-refractivity contribution in [3.8, 4) is 0 Å². The number of hydrogen-bond acceptors (Lipinski definition) is 2. The molecule has 1 fully saturated rings. The highest BCUT2D eigenvalue weighted by molar-refractivity contribution is 5.78. The SMILES string of the molecule is CC(C)CCCNC(=O)C1CCOC1. The second-order valence-corrected chi connectivity index (χ2v) is 4.39. The van der Waals surface area contributed by atoms with Crippen LogP contribution in [-0.2, 0) is 9.53 Å². The second-order valence-electron chi connectivity index (χ2n) is 4.39. The van der Waals surface area contributed by atoms with Gasteiger partial charge >= 0.3 is 0 Å². The molecule has 0 saturated carbocycles. The van der Waals surface area contributed by atoms with E-state index in [0.29, 0.717) is 6.61 Å². The fourth-order valence-electron chi connectivity index (χ4n) is 1.61. The van der Waals surface area contributed by atoms with E-state index in [4.69, 9.17) is 4.74 Å². The molecule has 3 nitrogen and oxygen atoms in total. The largest absolute Gasteiger partial charge is 0.381 e. The number of rotatable bonds is 5. The van der Waals surface area contributed by atoms with Crippen LogP contribution in [0.15, 0.2) is 0 Å². The van der Waals surface area contributed by atoms with Crippen LogP contribution in [0.4, 0.5) is 0 Å². The lowest BCUT2D eigenvalue weighted by Gasteiger charge is -2.09. The van der Waals surface area contributed by atoms with Gasteiger partial charge in [0.15, 0.2) is 0 Å². The van der Waals surface area contributed by atoms with Gasteiger partial charge in [-0.3, -0.25) is 4.79 Å². The molecular formula is C11H21NO2. The molecule has 0 bridgehead atoms. The van der Waals surface area contributed by atoms with Crippen LogP contribution in [-0.4, -0.2) is 25.7 Å². The summed E-state index contributed by atoms with van der Waals surface area (Å²) in [5.74, 6) is 1.00. The molecule has 1 unspecified atom stereocenters. The molecule has 1 saturated heterocycles. The van der Waals surface area contributed by atoms with Crippen molar-refractivity contribution >= 4 is 5.91 Å². The van der Waals surface area contributed by atoms with Crippen LogP contribution in [0, 0.1) is 11.8 Å². The van der Waals surface area contributed by atoms with Crippen LogP contribution >= 0.6 is 0 Å². The summed E-state index contributed by atoms with van der Waals surface area (Å²) in [6.07, 6.45) is 3.15. The summed E-state index contributed by atoms with van der Waals surface area (Å²) < 4.78 is 5.16. The van der Waals surface area contributed by atoms with Gasteiger partial charge in [0.2, 0.25) is 5.91 Å². The summed E-state index contributed by atoms with van der Waals surface area (Å²) in [5, 5.41) is 2.96. The van der Waals surface area contributed by atoms with Crippen molar-refractivity contribution in [2.24, 2.45) is 11.8 Å². The van der Waals surface area contributed by atoms with E-state index in [-0.39, 0.29) is 11.8 Å². The number of amides is 1. The summed E-state index contributed by atoms with van der Waals surface area (Å²) in [5.41, 5.74) is 0. The van der Waals surface area contributed by atoms with E-state index in [2.05, 4.69) is 19.2 Å². The molecule has 1 amide bonds. The topological polar surface area (TPSA) is 38.3 Å². The Hall–Kier alpha value is -0.570. The maximum atomic E-state index is 11.5. The van der Waals surface area contributed by atoms with Crippen LogP contribution in [0.3, 0.4) is 0 Å². The number of nitrogens with one attached hydrogen (secondary N) is 1. The normalized spacial score (nSPS) is 21.5. The van der Waals surface area contributed by atoms with E-state index in [0.717, 1.165) is 31.9 Å². The molecule has 3 heteroatoms. The summed E-state index contributed by atoms with van der Waals surface area (Å²) in [7, 11) is 0. The lowest BCUT2D eigenvalue weighted by molar-refractivity contribution is -0.124. The van der Waals surface area contributed by atoms with Crippen LogP contribution in [0.25, 0.3) is 0 Å². The minimum Gasteiger partial charge on any atom is -0.381 e. The van der Waals surface area contributed by atoms with Gasteiger partial charge in [-0.25, -0.2) is 0 Å². The molecule has 0 spiro atoms. The van der Waals surface area contributed by atoms with Gasteiger partial charge in [-0.2, -0.15) is 0 Å². The first-order valence-electron chi connectivity index (χ1n) is 5.55. The van der Waals surface area contributed by atoms with Crippen molar-refractivity contribution in [2.45, 2.75) is 33.1 Å². The van der Waals surface area contributed by atoms with Crippen LogP contribution in [0.1, 0.15) is 33.1 Å². The van der Waals surface area contributed by atoms with Crippen LogP contribution in [0.5, 0.6) is 0 Å². The fourth-order valence-corrected chi connectivity index (χ4v) is 1.61. The van der Waals surface area contributed by atoms with E-state index in [1.165, 1.54) is 6.42 Å². The zero-order valence-corrected chi connectivity index (χ0v) is 9.21. The number of carbonyl (C=O) groups excluding carboxylic acids is 1. The Balaban J connectivity index is 2.03. The Labute approximate surface area is 86.2 Å². The molecule has 0 radical (unpaired) electrons. The minimum atomic E-state index is 0.106. The van der Waals surface area contributed by atoms with Gasteiger partial charge in [0.25, 0.3) is 0 Å². The summed E-state index contributed by atoms with van der Waals surface area (Å²) in [4.78, 5) is 11.5. The average molecular weight is 199 g/mol. The lowest BCUT2D eigenvalue weighted by Crippen LogP contribution is -2.31. The van der Waals surface area contributed by atoms with Crippen molar-refractivity contribution in [2.75, 3.05) is 19.8 Å². The Morgan fingerprint density at radius 3 is 2.93 bits per heavy atom. The molecule has 1 atom stereocenters. The van der Waals surface area contributed by atoms with Gasteiger partial charge in [-0.1, -0.05) is 13.8 Å². The highest BCUT2D eigenvalue weighted by Crippen LogP contribution is 2.12. The molecule has 1 heterocycles. The maximum Gasteiger partial charge on any atom is 0.225 e. The van der Waals surface area contributed by atoms with Gasteiger partial charge in [-0.05, 0) is 25.2 Å². The van der Waals surface area contributed by atoms with E-state index in [9.17, 15) is 4.79 Å². The summed E-state index contributed by atoms with van der Waals surface area (Å²) in [6, 6.07) is 0. The van der Waals surface area contributed by atoms with Gasteiger partial charge in [0.1, 0.15) is 0 Å². The zero-order valence-electron chi connectivity index (χ0n) is 9.21. The molecule has 0 aromatic carbocycles. The lowest BCUT2D eigenvalue weighted by atomic mass is 10.1. The minimum absolute atomic E-state index is 0.106. The standard InChI is InChI=1S/C11H21NO2/c1-9(2)4-3-6-12-11(13)10-5-7-14-8-10/h9-10H,3-8H2,1-2H3,(H,12,13). The first-order chi connectivity index (χ1) is 6.70. The van der Waals surface area contributed by atoms with Crippen molar-refractivity contribution in [3.63, 3.8) is 0 Å². The Morgan fingerprint density at radius 1 is 1.57 bits per heavy atom. The molecule has 1 aliphatic rings. The third-order valence-electron chi connectivity index (χ3n) is 2.56. The van der Waals surface area contributed by atoms with E-state index in [1.807, 2.05) is 0 Å². The molecular weight excluding hydrogens is 178 g/mol. The maximum absolute atomic E-state index is 11.5. The molecule has 82 valence electrons. The Bertz CT molecular complexity index is 174. The highest BCUT2D eigenvalue weighted by atomic mass is 16.5. The number of carbonyl (C=O) groups is 1. The zero-order chi connectivity index (χ0) is 10.4. The predicted octanol–water partition coefficient (Wildman–Crippen LogP) is 1.58. The van der Waals surface area contributed by atoms with Gasteiger partial charge < -0.3 is 10.1 Å². The van der Waals surface area contributed by atoms with Crippen molar-refractivity contribution in [3.05, 3.63) is 0 Å². The molecule has 0 aromatic rings. The summed E-state index contributed by atoms with van der Waals surface area (Å²) in [6.45, 7) is 6.56. The van der Waals surface area contributed by atoms with E-state index in [1.54, 1.807) is 0 Å². The Kier molecular flexibility index (Phi) is 4.94. The fraction of sp³-hybridized carbons (Fsp3) is 0.909. The number of hydrogen-bond donors (Lipinski definition) is 1. The first-order valence-corrected chi connectivity index (χ1v) is 5.55. The third kappa shape index (κ3) is 4.09. The van der Waals surface area contributed by atoms with Crippen LogP contribution in [0.2, 0.25) is 0 Å². The van der Waals surface area contributed by atoms with Crippen LogP contribution < -0.4 is 5.32 Å². The van der Waals surface area contributed by atoms with E-state index < -0.39 is 0 Å². The Morgan fingerprint density at radius 2 is 2.36 bits per heavy atom. The van der Waals surface area contributed by atoms with Crippen molar-refractivity contribution in [1.82, 2.24) is 5.32 Å². The van der Waals surface area contributed by atoms with Gasteiger partial charge in [-0.15, -0.1) is 0 Å². The number of ether oxygens (including phenoxy) is 1. The monoisotopic (exact) mass is 199 g/mol. The highest BCUT2D eigenvalue weighted by Gasteiger charge is 2.22. The van der Waals surface area contributed by atoms with Crippen molar-refractivity contribution in [1.29, 1.82) is 0 Å². The first kappa shape index (κ1) is 11.5. The van der Waals surface area contributed by atoms with Gasteiger partial charge in [0.05, 0.1) is 12.5 Å². The molecule has 0 aromatic heterocycles. The van der Waals surface area contributed by atoms with E-state index >= 15 is 0 Å². The average Bonchev–Trinajstić information content (AvgIpc) is 2.64. The smallest absolute Gasteiger partial charge is 0.225 e. The predicted molar refractivity (Wildman–Crippen MR) is 56.0 cm³/mol. The molecule has 1 rings (SSSR count). The van der Waals surface area contributed by atoms with Crippen molar-refractivity contribution < 1.29 is 9.53 Å². The molecule has 0 aliphatic carbocycles. The van der Waals surface area contributed by atoms with Gasteiger partial charge in [0, 0.05) is 13.2 Å². The third-order valence-corrected chi connectivity index (χ3v) is 2.56. The second kappa shape index (κ2) is 6.02. The quantitative estimate of drug-likeness (QED) is 0.683. The molecule has 14 heavy (non-hydrogen) atoms. The summed E-state index contributed by atoms with van der Waals surface area (Å²) >= 11 is 0. The molecule has 1 aliphatic heterocycles.